The van der Waals surface area contributed by atoms with Crippen LogP contribution in [-0.4, -0.2) is 39.3 Å². The monoisotopic (exact) mass is 519 g/mol. The fourth-order valence-electron chi connectivity index (χ4n) is 5.50. The topological polar surface area (TPSA) is 59.4 Å². The molecule has 7 heteroatoms. The second-order valence-electron chi connectivity index (χ2n) is 11.2. The molecule has 0 amide bonds. The first kappa shape index (κ1) is 26.5. The van der Waals surface area contributed by atoms with Crippen LogP contribution >= 0.6 is 0 Å². The van der Waals surface area contributed by atoms with Crippen LogP contribution < -0.4 is 5.73 Å². The first-order valence-corrected chi connectivity index (χ1v) is 13.8. The first-order valence-electron chi connectivity index (χ1n) is 13.8. The standard InChI is InChI=1S/C31H39F2N5/c1-6-23-14-25(21(4)37-13-7-8-26(34)18-37)15-27(19(23)2)35-20(3)28-16-24-11-12-29(31(5,32)33)36-30(24)38(28)17-22-9-10-22/h11-12,14-16,22,26H,4,6-10,13,17-18,34H2,1-3,5H3/b35-20+. The molecule has 5 rings (SSSR count). The smallest absolute Gasteiger partial charge is 0.287 e. The number of nitrogens with zero attached hydrogens (tertiary/aromatic N) is 4. The number of aliphatic imine (C=N–C) groups is 1. The van der Waals surface area contributed by atoms with E-state index in [0.29, 0.717) is 11.6 Å². The van der Waals surface area contributed by atoms with E-state index in [1.54, 1.807) is 6.07 Å². The number of piperidine rings is 1. The molecule has 0 bridgehead atoms. The maximum atomic E-state index is 14.1. The van der Waals surface area contributed by atoms with Gasteiger partial charge in [-0.2, -0.15) is 8.78 Å². The molecule has 5 nitrogen and oxygen atoms in total. The highest BCUT2D eigenvalue weighted by molar-refractivity contribution is 6.03. The first-order chi connectivity index (χ1) is 18.0. The summed E-state index contributed by atoms with van der Waals surface area (Å²) in [7, 11) is 0. The molecular formula is C31H39F2N5. The molecule has 1 unspecified atom stereocenters. The maximum Gasteiger partial charge on any atom is 0.287 e. The normalized spacial score (nSPS) is 18.9. The van der Waals surface area contributed by atoms with Crippen LogP contribution in [-0.2, 0) is 18.9 Å². The van der Waals surface area contributed by atoms with Crippen molar-refractivity contribution in [3.8, 4) is 0 Å². The molecular weight excluding hydrogens is 480 g/mol. The zero-order chi connectivity index (χ0) is 27.2. The number of aromatic nitrogens is 2. The van der Waals surface area contributed by atoms with E-state index >= 15 is 0 Å². The number of hydrogen-bond acceptors (Lipinski definition) is 4. The summed E-state index contributed by atoms with van der Waals surface area (Å²) >= 11 is 0. The number of alkyl halides is 2. The van der Waals surface area contributed by atoms with Crippen LogP contribution in [0.15, 0.2) is 41.9 Å². The number of nitrogens with two attached hydrogens (primary N) is 1. The predicted octanol–water partition coefficient (Wildman–Crippen LogP) is 6.96. The highest BCUT2D eigenvalue weighted by atomic mass is 19.3. The van der Waals surface area contributed by atoms with Gasteiger partial charge in [0.15, 0.2) is 0 Å². The zero-order valence-corrected chi connectivity index (χ0v) is 23.0. The third-order valence-corrected chi connectivity index (χ3v) is 8.03. The summed E-state index contributed by atoms with van der Waals surface area (Å²) in [6.07, 6.45) is 5.33. The van der Waals surface area contributed by atoms with Gasteiger partial charge < -0.3 is 15.2 Å². The lowest BCUT2D eigenvalue weighted by Crippen LogP contribution is -2.41. The van der Waals surface area contributed by atoms with E-state index in [9.17, 15) is 8.78 Å². The van der Waals surface area contributed by atoms with E-state index in [2.05, 4.69) is 47.0 Å². The molecule has 202 valence electrons. The van der Waals surface area contributed by atoms with E-state index < -0.39 is 5.92 Å². The van der Waals surface area contributed by atoms with Crippen molar-refractivity contribution in [3.05, 3.63) is 65.0 Å². The second kappa shape index (κ2) is 10.3. The van der Waals surface area contributed by atoms with Gasteiger partial charge >= 0.3 is 0 Å². The number of rotatable bonds is 8. The Balaban J connectivity index is 1.57. The number of halogens is 2. The summed E-state index contributed by atoms with van der Waals surface area (Å²) in [5.41, 5.74) is 13.8. The Morgan fingerprint density at radius 2 is 1.97 bits per heavy atom. The number of fused-ring (bicyclic) bond motifs is 1. The van der Waals surface area contributed by atoms with Crippen molar-refractivity contribution < 1.29 is 8.78 Å². The molecule has 2 N–H and O–H groups in total. The fourth-order valence-corrected chi connectivity index (χ4v) is 5.50. The molecule has 1 atom stereocenters. The van der Waals surface area contributed by atoms with Gasteiger partial charge in [-0.15, -0.1) is 0 Å². The number of aryl methyl sites for hydroxylation is 1. The van der Waals surface area contributed by atoms with Gasteiger partial charge in [-0.1, -0.05) is 13.5 Å². The SMILES string of the molecule is C=C(c1cc(CC)c(C)c(/N=C(\C)c2cc3ccc(C(C)(F)F)nc3n2CC2CC2)c1)N1CCCC(N)C1. The van der Waals surface area contributed by atoms with E-state index in [0.717, 1.165) is 98.0 Å². The third kappa shape index (κ3) is 5.39. The summed E-state index contributed by atoms with van der Waals surface area (Å²) in [4.78, 5) is 11.8. The lowest BCUT2D eigenvalue weighted by atomic mass is 9.97. The molecule has 1 aliphatic carbocycles. The van der Waals surface area contributed by atoms with Gasteiger partial charge in [0, 0.05) is 43.7 Å². The highest BCUT2D eigenvalue weighted by Crippen LogP contribution is 2.35. The van der Waals surface area contributed by atoms with Crippen LogP contribution in [0.1, 0.15) is 74.5 Å². The quantitative estimate of drug-likeness (QED) is 0.327. The Morgan fingerprint density at radius 3 is 2.63 bits per heavy atom. The average molecular weight is 520 g/mol. The van der Waals surface area contributed by atoms with E-state index in [1.165, 1.54) is 11.6 Å². The van der Waals surface area contributed by atoms with Gasteiger partial charge in [-0.25, -0.2) is 4.98 Å². The van der Waals surface area contributed by atoms with Crippen LogP contribution in [0, 0.1) is 12.8 Å². The summed E-state index contributed by atoms with van der Waals surface area (Å²) in [6, 6.07) is 9.75. The van der Waals surface area contributed by atoms with Crippen molar-refractivity contribution in [1.82, 2.24) is 14.5 Å². The molecule has 3 aromatic rings. The molecule has 2 aliphatic rings. The fraction of sp³-hybridized carbons (Fsp3) is 0.484. The van der Waals surface area contributed by atoms with Crippen molar-refractivity contribution in [2.75, 3.05) is 13.1 Å². The van der Waals surface area contributed by atoms with Crippen LogP contribution in [0.3, 0.4) is 0 Å². The molecule has 38 heavy (non-hydrogen) atoms. The Hall–Kier alpha value is -3.06. The van der Waals surface area contributed by atoms with Crippen molar-refractivity contribution in [3.63, 3.8) is 0 Å². The van der Waals surface area contributed by atoms with Crippen molar-refractivity contribution in [2.45, 2.75) is 78.3 Å². The second-order valence-corrected chi connectivity index (χ2v) is 11.2. The average Bonchev–Trinajstić information content (AvgIpc) is 3.63. The van der Waals surface area contributed by atoms with Gasteiger partial charge in [0.2, 0.25) is 0 Å². The summed E-state index contributed by atoms with van der Waals surface area (Å²) < 4.78 is 30.3. The molecule has 0 radical (unpaired) electrons. The minimum absolute atomic E-state index is 0.173. The lowest BCUT2D eigenvalue weighted by molar-refractivity contribution is 0.0130. The van der Waals surface area contributed by atoms with Crippen molar-refractivity contribution in [1.29, 1.82) is 0 Å². The highest BCUT2D eigenvalue weighted by Gasteiger charge is 2.29. The summed E-state index contributed by atoms with van der Waals surface area (Å²) in [5.74, 6) is -2.43. The Morgan fingerprint density at radius 1 is 1.21 bits per heavy atom. The van der Waals surface area contributed by atoms with Crippen molar-refractivity contribution >= 4 is 28.1 Å². The molecule has 3 heterocycles. The largest absolute Gasteiger partial charge is 0.370 e. The Kier molecular flexibility index (Phi) is 7.16. The minimum atomic E-state index is -2.99. The van der Waals surface area contributed by atoms with Crippen LogP contribution in [0.5, 0.6) is 0 Å². The van der Waals surface area contributed by atoms with E-state index in [-0.39, 0.29) is 11.7 Å². The molecule has 1 aliphatic heterocycles. The number of likely N-dealkylation sites (tertiary alicyclic amines) is 1. The number of hydrogen-bond donors (Lipinski definition) is 1. The van der Waals surface area contributed by atoms with Crippen molar-refractivity contribution in [2.24, 2.45) is 16.6 Å². The summed E-state index contributed by atoms with van der Waals surface area (Å²) in [5, 5.41) is 0.859. The molecule has 2 aromatic heterocycles. The minimum Gasteiger partial charge on any atom is -0.370 e. The summed E-state index contributed by atoms with van der Waals surface area (Å²) in [6.45, 7) is 14.2. The maximum absolute atomic E-state index is 14.1. The Bertz CT molecular complexity index is 1390. The van der Waals surface area contributed by atoms with Gasteiger partial charge in [0.25, 0.3) is 5.92 Å². The Labute approximate surface area is 224 Å². The van der Waals surface area contributed by atoms with Gasteiger partial charge in [0.05, 0.1) is 17.1 Å². The lowest BCUT2D eigenvalue weighted by Gasteiger charge is -2.34. The van der Waals surface area contributed by atoms with E-state index in [1.807, 2.05) is 13.0 Å². The predicted molar refractivity (Wildman–Crippen MR) is 152 cm³/mol. The third-order valence-electron chi connectivity index (χ3n) is 8.03. The number of pyridine rings is 1. The zero-order valence-electron chi connectivity index (χ0n) is 23.0. The van der Waals surface area contributed by atoms with Crippen LogP contribution in [0.2, 0.25) is 0 Å². The van der Waals surface area contributed by atoms with Gasteiger partial charge in [-0.3, -0.25) is 4.99 Å². The number of benzene rings is 1. The van der Waals surface area contributed by atoms with Crippen LogP contribution in [0.25, 0.3) is 16.7 Å². The van der Waals surface area contributed by atoms with Crippen LogP contribution in [0.4, 0.5) is 14.5 Å². The molecule has 1 saturated heterocycles. The van der Waals surface area contributed by atoms with Gasteiger partial charge in [-0.05, 0) is 98.9 Å². The molecule has 1 aromatic carbocycles. The molecule has 2 fully saturated rings. The van der Waals surface area contributed by atoms with E-state index in [4.69, 9.17) is 10.7 Å². The molecule has 1 saturated carbocycles. The molecule has 0 spiro atoms. The van der Waals surface area contributed by atoms with Gasteiger partial charge in [0.1, 0.15) is 11.3 Å².